The molecule has 0 unspecified atom stereocenters. The van der Waals surface area contributed by atoms with E-state index >= 15 is 0 Å². The normalized spacial score (nSPS) is 17.3. The molecule has 0 amide bonds. The Hall–Kier alpha value is -0.840. The number of sulfonamides is 1. The molecule has 22 heavy (non-hydrogen) atoms. The van der Waals surface area contributed by atoms with Crippen LogP contribution in [0.25, 0.3) is 0 Å². The highest BCUT2D eigenvalue weighted by Crippen LogP contribution is 2.28. The van der Waals surface area contributed by atoms with E-state index in [-0.39, 0.29) is 9.92 Å². The molecule has 1 aromatic carbocycles. The second-order valence-corrected chi connectivity index (χ2v) is 7.83. The van der Waals surface area contributed by atoms with Crippen LogP contribution in [-0.4, -0.2) is 50.3 Å². The Morgan fingerprint density at radius 2 is 1.86 bits per heavy atom. The highest BCUT2D eigenvalue weighted by molar-refractivity contribution is 7.89. The SMILES string of the molecule is N#CCCCN1CCN(S(=O)(=O)c2cc(Cl)ccc2Cl)CC1. The number of hydrogen-bond donors (Lipinski definition) is 0. The Bertz CT molecular complexity index is 665. The monoisotopic (exact) mass is 361 g/mol. The molecule has 1 fully saturated rings. The molecule has 5 nitrogen and oxygen atoms in total. The van der Waals surface area contributed by atoms with Crippen LogP contribution >= 0.6 is 23.2 Å². The van der Waals surface area contributed by atoms with E-state index in [9.17, 15) is 8.42 Å². The van der Waals surface area contributed by atoms with Crippen molar-refractivity contribution in [1.29, 1.82) is 5.26 Å². The number of halogens is 2. The van der Waals surface area contributed by atoms with Gasteiger partial charge < -0.3 is 4.90 Å². The minimum Gasteiger partial charge on any atom is -0.301 e. The first kappa shape index (κ1) is 17.5. The quantitative estimate of drug-likeness (QED) is 0.756. The molecule has 0 saturated carbocycles. The van der Waals surface area contributed by atoms with Gasteiger partial charge in [-0.2, -0.15) is 9.57 Å². The molecule has 1 saturated heterocycles. The summed E-state index contributed by atoms with van der Waals surface area (Å²) in [5.74, 6) is 0. The molecule has 0 atom stereocenters. The minimum absolute atomic E-state index is 0.0552. The number of piperazine rings is 1. The molecule has 1 aromatic rings. The van der Waals surface area contributed by atoms with Crippen LogP contribution in [0.4, 0.5) is 0 Å². The van der Waals surface area contributed by atoms with E-state index in [1.165, 1.54) is 16.4 Å². The predicted octanol–water partition coefficient (Wildman–Crippen LogP) is 2.60. The van der Waals surface area contributed by atoms with Gasteiger partial charge in [-0.1, -0.05) is 23.2 Å². The summed E-state index contributed by atoms with van der Waals surface area (Å²) < 4.78 is 26.7. The standard InChI is InChI=1S/C14H17Cl2N3O2S/c15-12-3-4-13(16)14(11-12)22(20,21)19-9-7-18(8-10-19)6-2-1-5-17/h3-4,11H,1-2,6-10H2. The van der Waals surface area contributed by atoms with Gasteiger partial charge in [0.15, 0.2) is 0 Å². The van der Waals surface area contributed by atoms with Crippen LogP contribution in [0.15, 0.2) is 23.1 Å². The molecule has 0 aromatic heterocycles. The maximum Gasteiger partial charge on any atom is 0.244 e. The third-order valence-corrected chi connectivity index (χ3v) is 6.22. The molecule has 0 radical (unpaired) electrons. The van der Waals surface area contributed by atoms with Crippen LogP contribution in [0.5, 0.6) is 0 Å². The molecule has 8 heteroatoms. The van der Waals surface area contributed by atoms with E-state index in [0.29, 0.717) is 37.6 Å². The molecule has 1 aliphatic rings. The van der Waals surface area contributed by atoms with Gasteiger partial charge >= 0.3 is 0 Å². The highest BCUT2D eigenvalue weighted by atomic mass is 35.5. The van der Waals surface area contributed by atoms with Crippen LogP contribution in [0, 0.1) is 11.3 Å². The third-order valence-electron chi connectivity index (χ3n) is 3.61. The number of nitrogens with zero attached hydrogens (tertiary/aromatic N) is 3. The largest absolute Gasteiger partial charge is 0.301 e. The van der Waals surface area contributed by atoms with Crippen molar-refractivity contribution < 1.29 is 8.42 Å². The van der Waals surface area contributed by atoms with Gasteiger partial charge in [0.2, 0.25) is 10.0 Å². The Balaban J connectivity index is 2.04. The number of rotatable bonds is 5. The van der Waals surface area contributed by atoms with Crippen LogP contribution in [0.2, 0.25) is 10.0 Å². The molecule has 0 N–H and O–H groups in total. The minimum atomic E-state index is -3.63. The van der Waals surface area contributed by atoms with Crippen molar-refractivity contribution in [2.75, 3.05) is 32.7 Å². The second kappa shape index (κ2) is 7.62. The average Bonchev–Trinajstić information content (AvgIpc) is 2.50. The van der Waals surface area contributed by atoms with Gasteiger partial charge in [0.25, 0.3) is 0 Å². The lowest BCUT2D eigenvalue weighted by atomic mass is 10.3. The van der Waals surface area contributed by atoms with Crippen molar-refractivity contribution in [2.45, 2.75) is 17.7 Å². The molecule has 0 spiro atoms. The van der Waals surface area contributed by atoms with E-state index in [4.69, 9.17) is 28.5 Å². The summed E-state index contributed by atoms with van der Waals surface area (Å²) in [6.45, 7) is 2.96. The Morgan fingerprint density at radius 3 is 2.50 bits per heavy atom. The molecule has 120 valence electrons. The van der Waals surface area contributed by atoms with Gasteiger partial charge in [-0.15, -0.1) is 0 Å². The second-order valence-electron chi connectivity index (χ2n) is 5.08. The topological polar surface area (TPSA) is 64.4 Å². The molecular formula is C14H17Cl2N3O2S. The van der Waals surface area contributed by atoms with E-state index in [1.54, 1.807) is 6.07 Å². The van der Waals surface area contributed by atoms with Gasteiger partial charge in [0, 0.05) is 37.6 Å². The summed E-state index contributed by atoms with van der Waals surface area (Å²) in [5.41, 5.74) is 0. The fraction of sp³-hybridized carbons (Fsp3) is 0.500. The maximum absolute atomic E-state index is 12.6. The van der Waals surface area contributed by atoms with E-state index in [2.05, 4.69) is 11.0 Å². The smallest absolute Gasteiger partial charge is 0.244 e. The summed E-state index contributed by atoms with van der Waals surface area (Å²) in [5, 5.41) is 9.07. The molecule has 0 bridgehead atoms. The number of unbranched alkanes of at least 4 members (excludes halogenated alkanes) is 1. The van der Waals surface area contributed by atoms with Gasteiger partial charge in [0.05, 0.1) is 11.1 Å². The summed E-state index contributed by atoms with van der Waals surface area (Å²) in [6.07, 6.45) is 1.33. The Labute approximate surface area is 141 Å². The van der Waals surface area contributed by atoms with E-state index < -0.39 is 10.0 Å². The Morgan fingerprint density at radius 1 is 1.18 bits per heavy atom. The predicted molar refractivity (Wildman–Crippen MR) is 86.5 cm³/mol. The van der Waals surface area contributed by atoms with Crippen molar-refractivity contribution in [3.8, 4) is 6.07 Å². The van der Waals surface area contributed by atoms with E-state index in [1.807, 2.05) is 0 Å². The number of hydrogen-bond acceptors (Lipinski definition) is 4. The first-order valence-electron chi connectivity index (χ1n) is 6.99. The molecule has 1 aliphatic heterocycles. The average molecular weight is 362 g/mol. The van der Waals surface area contributed by atoms with Gasteiger partial charge in [-0.25, -0.2) is 8.42 Å². The highest BCUT2D eigenvalue weighted by Gasteiger charge is 2.30. The number of nitriles is 1. The summed E-state index contributed by atoms with van der Waals surface area (Å²) in [6, 6.07) is 6.56. The third kappa shape index (κ3) is 4.12. The van der Waals surface area contributed by atoms with Gasteiger partial charge in [-0.05, 0) is 31.2 Å². The first-order chi connectivity index (χ1) is 10.4. The van der Waals surface area contributed by atoms with Crippen molar-refractivity contribution in [3.63, 3.8) is 0 Å². The van der Waals surface area contributed by atoms with Crippen molar-refractivity contribution in [1.82, 2.24) is 9.21 Å². The van der Waals surface area contributed by atoms with Crippen LogP contribution in [0.3, 0.4) is 0 Å². The maximum atomic E-state index is 12.6. The first-order valence-corrected chi connectivity index (χ1v) is 9.19. The summed E-state index contributed by atoms with van der Waals surface area (Å²) in [4.78, 5) is 2.22. The summed E-state index contributed by atoms with van der Waals surface area (Å²) >= 11 is 11.9. The Kier molecular flexibility index (Phi) is 6.07. The van der Waals surface area contributed by atoms with E-state index in [0.717, 1.165) is 13.0 Å². The van der Waals surface area contributed by atoms with Crippen molar-refractivity contribution in [2.24, 2.45) is 0 Å². The zero-order valence-corrected chi connectivity index (χ0v) is 14.3. The number of benzene rings is 1. The molecule has 2 rings (SSSR count). The lowest BCUT2D eigenvalue weighted by Gasteiger charge is -2.34. The lowest BCUT2D eigenvalue weighted by Crippen LogP contribution is -2.48. The zero-order valence-electron chi connectivity index (χ0n) is 12.0. The van der Waals surface area contributed by atoms with Gasteiger partial charge in [0.1, 0.15) is 4.90 Å². The lowest BCUT2D eigenvalue weighted by molar-refractivity contribution is 0.187. The fourth-order valence-corrected chi connectivity index (χ4v) is 4.55. The van der Waals surface area contributed by atoms with Crippen molar-refractivity contribution in [3.05, 3.63) is 28.2 Å². The fourth-order valence-electron chi connectivity index (χ4n) is 2.39. The molecule has 0 aliphatic carbocycles. The van der Waals surface area contributed by atoms with Crippen molar-refractivity contribution >= 4 is 33.2 Å². The van der Waals surface area contributed by atoms with Crippen LogP contribution in [0.1, 0.15) is 12.8 Å². The molecular weight excluding hydrogens is 345 g/mol. The molecule has 1 heterocycles. The van der Waals surface area contributed by atoms with Gasteiger partial charge in [-0.3, -0.25) is 0 Å². The zero-order chi connectivity index (χ0) is 16.2. The summed E-state index contributed by atoms with van der Waals surface area (Å²) in [7, 11) is -3.63. The van der Waals surface area contributed by atoms with Crippen LogP contribution in [-0.2, 0) is 10.0 Å². The van der Waals surface area contributed by atoms with Crippen LogP contribution < -0.4 is 0 Å².